The van der Waals surface area contributed by atoms with E-state index in [-0.39, 0.29) is 12.5 Å². The van der Waals surface area contributed by atoms with Gasteiger partial charge in [0.1, 0.15) is 0 Å². The molecule has 0 spiro atoms. The van der Waals surface area contributed by atoms with E-state index in [2.05, 4.69) is 19.2 Å². The number of hydrogen-bond donors (Lipinski definition) is 2. The lowest BCUT2D eigenvalue weighted by atomic mass is 9.91. The number of nitrogens with zero attached hydrogens (tertiary/aromatic N) is 2. The van der Waals surface area contributed by atoms with Gasteiger partial charge in [-0.3, -0.25) is 14.6 Å². The Morgan fingerprint density at radius 1 is 1.00 bits per heavy atom. The number of fused-ring (bicyclic) bond motifs is 1. The lowest BCUT2D eigenvalue weighted by molar-refractivity contribution is 0.0925. The smallest absolute Gasteiger partial charge is 0.404 e. The second kappa shape index (κ2) is 9.09. The Kier molecular flexibility index (Phi) is 6.20. The summed E-state index contributed by atoms with van der Waals surface area (Å²) in [5, 5.41) is 11.8. The molecule has 1 aliphatic rings. The van der Waals surface area contributed by atoms with E-state index in [1.165, 1.54) is 4.90 Å². The zero-order valence-corrected chi connectivity index (χ0v) is 19.7. The zero-order chi connectivity index (χ0) is 24.6. The topological polar surface area (TPSA) is 99.6 Å². The van der Waals surface area contributed by atoms with E-state index in [1.807, 2.05) is 31.2 Å². The molecule has 174 valence electrons. The molecule has 0 saturated heterocycles. The predicted octanol–water partition coefficient (Wildman–Crippen LogP) is 5.13. The van der Waals surface area contributed by atoms with Crippen molar-refractivity contribution < 1.29 is 19.5 Å². The van der Waals surface area contributed by atoms with Crippen LogP contribution in [0.1, 0.15) is 57.1 Å². The van der Waals surface area contributed by atoms with Gasteiger partial charge in [-0.2, -0.15) is 0 Å². The number of anilines is 1. The van der Waals surface area contributed by atoms with Crippen LogP contribution in [0.4, 0.5) is 10.5 Å². The molecule has 0 atom stereocenters. The van der Waals surface area contributed by atoms with E-state index in [9.17, 15) is 19.5 Å². The summed E-state index contributed by atoms with van der Waals surface area (Å²) in [5.41, 5.74) is 5.53. The van der Waals surface area contributed by atoms with Gasteiger partial charge in [0.2, 0.25) is 0 Å². The van der Waals surface area contributed by atoms with Crippen molar-refractivity contribution in [2.75, 3.05) is 4.90 Å². The largest absolute Gasteiger partial charge is 0.465 e. The molecule has 0 unspecified atom stereocenters. The average molecular weight is 458 g/mol. The zero-order valence-electron chi connectivity index (χ0n) is 19.7. The number of aromatic nitrogens is 1. The Labute approximate surface area is 198 Å². The highest BCUT2D eigenvalue weighted by atomic mass is 16.4. The van der Waals surface area contributed by atoms with E-state index in [0.29, 0.717) is 40.1 Å². The molecule has 7 nitrogen and oxygen atoms in total. The van der Waals surface area contributed by atoms with Crippen molar-refractivity contribution in [3.63, 3.8) is 0 Å². The third-order valence-corrected chi connectivity index (χ3v) is 5.91. The second-order valence-electron chi connectivity index (χ2n) is 8.96. The van der Waals surface area contributed by atoms with Crippen molar-refractivity contribution in [2.24, 2.45) is 5.92 Å². The Balaban J connectivity index is 2.02. The molecule has 7 heteroatoms. The van der Waals surface area contributed by atoms with E-state index in [1.54, 1.807) is 31.2 Å². The summed E-state index contributed by atoms with van der Waals surface area (Å²) in [6, 6.07) is 14.5. The molecule has 1 aliphatic heterocycles. The summed E-state index contributed by atoms with van der Waals surface area (Å²) in [7, 11) is 0. The number of benzene rings is 2. The molecule has 1 aromatic heterocycles. The lowest BCUT2D eigenvalue weighted by Crippen LogP contribution is -2.32. The summed E-state index contributed by atoms with van der Waals surface area (Å²) in [5.74, 6) is -0.549. The summed E-state index contributed by atoms with van der Waals surface area (Å²) >= 11 is 0. The van der Waals surface area contributed by atoms with Gasteiger partial charge in [0.15, 0.2) is 0 Å². The molecule has 3 amide bonds. The van der Waals surface area contributed by atoms with Gasteiger partial charge in [-0.1, -0.05) is 55.8 Å². The number of pyridine rings is 1. The third-order valence-electron chi connectivity index (χ3n) is 5.91. The molecule has 2 heterocycles. The molecule has 0 saturated carbocycles. The number of carbonyl (C=O) groups is 3. The molecule has 0 aliphatic carbocycles. The summed E-state index contributed by atoms with van der Waals surface area (Å²) in [4.78, 5) is 44.2. The van der Waals surface area contributed by atoms with Crippen molar-refractivity contribution in [1.82, 2.24) is 10.3 Å². The van der Waals surface area contributed by atoms with Crippen LogP contribution >= 0.6 is 0 Å². The van der Waals surface area contributed by atoms with Gasteiger partial charge in [0.25, 0.3) is 11.8 Å². The second-order valence-corrected chi connectivity index (χ2v) is 8.96. The fraction of sp³-hybridized carbons (Fsp3) is 0.259. The van der Waals surface area contributed by atoms with Crippen LogP contribution in [0.25, 0.3) is 11.1 Å². The molecule has 3 aromatic rings. The van der Waals surface area contributed by atoms with Gasteiger partial charge in [-0.15, -0.1) is 0 Å². The molecule has 4 rings (SSSR count). The van der Waals surface area contributed by atoms with Crippen LogP contribution in [-0.4, -0.2) is 28.0 Å². The minimum absolute atomic E-state index is 0.00401. The molecule has 34 heavy (non-hydrogen) atoms. The molecular formula is C27H27N3O4. The minimum Gasteiger partial charge on any atom is -0.465 e. The lowest BCUT2D eigenvalue weighted by Gasteiger charge is -2.26. The quantitative estimate of drug-likeness (QED) is 0.500. The molecule has 2 N–H and O–H groups in total. The number of amides is 3. The Hall–Kier alpha value is -4.00. The minimum atomic E-state index is -1.16. The normalized spacial score (nSPS) is 12.9. The maximum atomic E-state index is 13.4. The molecule has 0 radical (unpaired) electrons. The number of rotatable bonds is 6. The number of carbonyl (C=O) groups excluding carboxylic acids is 2. The molecular weight excluding hydrogens is 430 g/mol. The Bertz CT molecular complexity index is 1260. The van der Waals surface area contributed by atoms with Crippen LogP contribution in [-0.2, 0) is 13.0 Å². The van der Waals surface area contributed by atoms with Crippen molar-refractivity contribution in [3.8, 4) is 11.1 Å². The van der Waals surface area contributed by atoms with E-state index in [0.717, 1.165) is 16.8 Å². The number of nitrogens with one attached hydrogen (secondary N) is 1. The van der Waals surface area contributed by atoms with Crippen LogP contribution in [0.5, 0.6) is 0 Å². The number of hydrogen-bond acceptors (Lipinski definition) is 4. The fourth-order valence-electron chi connectivity index (χ4n) is 4.40. The van der Waals surface area contributed by atoms with Crippen molar-refractivity contribution >= 4 is 23.6 Å². The highest BCUT2D eigenvalue weighted by molar-refractivity contribution is 6.35. The van der Waals surface area contributed by atoms with Gasteiger partial charge in [-0.25, -0.2) is 9.69 Å². The van der Waals surface area contributed by atoms with Gasteiger partial charge < -0.3 is 10.4 Å². The average Bonchev–Trinajstić information content (AvgIpc) is 3.03. The Morgan fingerprint density at radius 3 is 2.12 bits per heavy atom. The van der Waals surface area contributed by atoms with Gasteiger partial charge >= 0.3 is 6.09 Å². The standard InChI is InChI=1S/C27H27N3O4/c1-15(2)13-22-21(14-28-27(33)34)23(18-11-9-16(3)10-12-18)24(17(4)29-22)30-25(31)19-7-5-6-8-20(19)26(30)32/h5-12,15,28H,13-14H2,1-4H3,(H,33,34). The maximum absolute atomic E-state index is 13.4. The van der Waals surface area contributed by atoms with Crippen LogP contribution in [0.3, 0.4) is 0 Å². The summed E-state index contributed by atoms with van der Waals surface area (Å²) in [6.45, 7) is 7.90. The fourth-order valence-corrected chi connectivity index (χ4v) is 4.40. The highest BCUT2D eigenvalue weighted by Crippen LogP contribution is 2.41. The number of imide groups is 1. The number of carboxylic acid groups (broad SMARTS) is 1. The first-order valence-corrected chi connectivity index (χ1v) is 11.2. The molecule has 0 bridgehead atoms. The first-order chi connectivity index (χ1) is 16.2. The van der Waals surface area contributed by atoms with E-state index >= 15 is 0 Å². The maximum Gasteiger partial charge on any atom is 0.404 e. The highest BCUT2D eigenvalue weighted by Gasteiger charge is 2.39. The van der Waals surface area contributed by atoms with Gasteiger partial charge in [-0.05, 0) is 43.9 Å². The van der Waals surface area contributed by atoms with E-state index in [4.69, 9.17) is 4.98 Å². The molecule has 2 aromatic carbocycles. The SMILES string of the molecule is Cc1ccc(-c2c(CNC(=O)O)c(CC(C)C)nc(C)c2N2C(=O)c3ccccc3C2=O)cc1. The Morgan fingerprint density at radius 2 is 1.59 bits per heavy atom. The van der Waals surface area contributed by atoms with Crippen LogP contribution in [0, 0.1) is 19.8 Å². The van der Waals surface area contributed by atoms with Crippen molar-refractivity contribution in [2.45, 2.75) is 40.7 Å². The number of aryl methyl sites for hydroxylation is 2. The third kappa shape index (κ3) is 4.17. The van der Waals surface area contributed by atoms with Crippen LogP contribution < -0.4 is 10.2 Å². The van der Waals surface area contributed by atoms with Crippen LogP contribution in [0.15, 0.2) is 48.5 Å². The first kappa shape index (κ1) is 23.2. The first-order valence-electron chi connectivity index (χ1n) is 11.2. The summed E-state index contributed by atoms with van der Waals surface area (Å²) < 4.78 is 0. The molecule has 0 fully saturated rings. The van der Waals surface area contributed by atoms with Crippen molar-refractivity contribution in [1.29, 1.82) is 0 Å². The van der Waals surface area contributed by atoms with Crippen LogP contribution in [0.2, 0.25) is 0 Å². The van der Waals surface area contributed by atoms with E-state index < -0.39 is 17.9 Å². The summed E-state index contributed by atoms with van der Waals surface area (Å²) in [6.07, 6.45) is -0.535. The predicted molar refractivity (Wildman–Crippen MR) is 130 cm³/mol. The van der Waals surface area contributed by atoms with Gasteiger partial charge in [0, 0.05) is 23.4 Å². The monoisotopic (exact) mass is 457 g/mol. The van der Waals surface area contributed by atoms with Crippen molar-refractivity contribution in [3.05, 3.63) is 82.2 Å². The van der Waals surface area contributed by atoms with Gasteiger partial charge in [0.05, 0.1) is 22.5 Å².